The molecule has 0 aliphatic heterocycles. The van der Waals surface area contributed by atoms with Crippen LogP contribution in [0.4, 0.5) is 26.3 Å². The van der Waals surface area contributed by atoms with Crippen LogP contribution in [-0.2, 0) is 24.2 Å². The lowest BCUT2D eigenvalue weighted by Gasteiger charge is -2.17. The monoisotopic (exact) mass is 535 g/mol. The first-order valence-electron chi connectivity index (χ1n) is 11.9. The third-order valence-corrected chi connectivity index (χ3v) is 6.06. The van der Waals surface area contributed by atoms with Crippen LogP contribution in [0.1, 0.15) is 64.6 Å². The fourth-order valence-electron chi connectivity index (χ4n) is 4.31. The standard InChI is InChI=1S/C28H23F6NO3/c1-2-37-27(36)25-12-17(14-29)11-24(35-25)20-5-3-4-19(20)21-13-18(28(32,33)34)7-9-26(21)38-15-16-6-8-22(30)23(31)10-16/h6-13H,2-5,14-15H2,1H3. The summed E-state index contributed by atoms with van der Waals surface area (Å²) in [6.45, 7) is 0.606. The zero-order valence-corrected chi connectivity index (χ0v) is 20.3. The van der Waals surface area contributed by atoms with Gasteiger partial charge in [0.2, 0.25) is 0 Å². The molecule has 0 amide bonds. The quantitative estimate of drug-likeness (QED) is 0.219. The molecule has 0 spiro atoms. The van der Waals surface area contributed by atoms with Gasteiger partial charge in [0.25, 0.3) is 0 Å². The lowest BCUT2D eigenvalue weighted by molar-refractivity contribution is -0.137. The van der Waals surface area contributed by atoms with E-state index in [4.69, 9.17) is 9.47 Å². The minimum Gasteiger partial charge on any atom is -0.488 e. The maximum Gasteiger partial charge on any atom is 0.416 e. The van der Waals surface area contributed by atoms with Crippen molar-refractivity contribution < 1.29 is 40.6 Å². The van der Waals surface area contributed by atoms with Gasteiger partial charge in [-0.3, -0.25) is 0 Å². The molecule has 38 heavy (non-hydrogen) atoms. The summed E-state index contributed by atoms with van der Waals surface area (Å²) in [5, 5.41) is 0. The molecule has 3 aromatic rings. The number of carbonyl (C=O) groups excluding carboxylic acids is 1. The molecule has 200 valence electrons. The van der Waals surface area contributed by atoms with Gasteiger partial charge in [0, 0.05) is 5.56 Å². The Labute approximate surface area is 214 Å². The highest BCUT2D eigenvalue weighted by molar-refractivity contribution is 5.95. The van der Waals surface area contributed by atoms with Gasteiger partial charge in [-0.2, -0.15) is 13.2 Å². The second-order valence-corrected chi connectivity index (χ2v) is 8.66. The van der Waals surface area contributed by atoms with Crippen LogP contribution in [0.15, 0.2) is 48.5 Å². The molecule has 0 radical (unpaired) electrons. The molecule has 1 aliphatic carbocycles. The van der Waals surface area contributed by atoms with E-state index in [-0.39, 0.29) is 47.0 Å². The number of nitrogens with zero attached hydrogens (tertiary/aromatic N) is 1. The van der Waals surface area contributed by atoms with Crippen LogP contribution in [0.2, 0.25) is 0 Å². The molecule has 0 saturated carbocycles. The number of hydrogen-bond acceptors (Lipinski definition) is 4. The van der Waals surface area contributed by atoms with Gasteiger partial charge >= 0.3 is 12.1 Å². The number of esters is 1. The van der Waals surface area contributed by atoms with Crippen molar-refractivity contribution in [2.75, 3.05) is 6.61 Å². The van der Waals surface area contributed by atoms with Gasteiger partial charge in [0.15, 0.2) is 11.6 Å². The van der Waals surface area contributed by atoms with Crippen molar-refractivity contribution in [1.82, 2.24) is 4.98 Å². The van der Waals surface area contributed by atoms with Gasteiger partial charge < -0.3 is 9.47 Å². The Bertz CT molecular complexity index is 1380. The Balaban J connectivity index is 1.80. The summed E-state index contributed by atoms with van der Waals surface area (Å²) in [4.78, 5) is 16.6. The Morgan fingerprint density at radius 2 is 1.71 bits per heavy atom. The molecule has 2 aromatic carbocycles. The summed E-state index contributed by atoms with van der Waals surface area (Å²) in [5.74, 6) is -2.74. The van der Waals surface area contributed by atoms with E-state index in [1.165, 1.54) is 24.3 Å². The predicted molar refractivity (Wildman–Crippen MR) is 128 cm³/mol. The van der Waals surface area contributed by atoms with Gasteiger partial charge in [-0.15, -0.1) is 0 Å². The van der Waals surface area contributed by atoms with Gasteiger partial charge in [-0.05, 0) is 90.9 Å². The number of aromatic nitrogens is 1. The number of carbonyl (C=O) groups is 1. The fourth-order valence-corrected chi connectivity index (χ4v) is 4.31. The Morgan fingerprint density at radius 1 is 0.947 bits per heavy atom. The summed E-state index contributed by atoms with van der Waals surface area (Å²) in [6, 6.07) is 8.94. The van der Waals surface area contributed by atoms with Gasteiger partial charge in [0.05, 0.1) is 17.9 Å². The molecule has 1 heterocycles. The lowest BCUT2D eigenvalue weighted by Crippen LogP contribution is -2.09. The van der Waals surface area contributed by atoms with Gasteiger partial charge in [-0.1, -0.05) is 6.07 Å². The maximum atomic E-state index is 13.6. The molecular weight excluding hydrogens is 512 g/mol. The molecule has 0 saturated heterocycles. The van der Waals surface area contributed by atoms with Crippen molar-refractivity contribution in [1.29, 1.82) is 0 Å². The van der Waals surface area contributed by atoms with E-state index in [0.717, 1.165) is 24.3 Å². The number of ether oxygens (including phenoxy) is 2. The number of rotatable bonds is 8. The van der Waals surface area contributed by atoms with Crippen LogP contribution < -0.4 is 4.74 Å². The highest BCUT2D eigenvalue weighted by Crippen LogP contribution is 2.44. The fraction of sp³-hybridized carbons (Fsp3) is 0.286. The van der Waals surface area contributed by atoms with Crippen LogP contribution >= 0.6 is 0 Å². The smallest absolute Gasteiger partial charge is 0.416 e. The van der Waals surface area contributed by atoms with Gasteiger partial charge in [-0.25, -0.2) is 22.9 Å². The van der Waals surface area contributed by atoms with Crippen molar-refractivity contribution in [3.05, 3.63) is 93.8 Å². The van der Waals surface area contributed by atoms with Gasteiger partial charge in [0.1, 0.15) is 24.7 Å². The molecule has 1 aliphatic rings. The van der Waals surface area contributed by atoms with E-state index >= 15 is 0 Å². The highest BCUT2D eigenvalue weighted by Gasteiger charge is 2.32. The van der Waals surface area contributed by atoms with Crippen molar-refractivity contribution in [3.63, 3.8) is 0 Å². The molecule has 1 aromatic heterocycles. The molecule has 10 heteroatoms. The summed E-state index contributed by atoms with van der Waals surface area (Å²) in [7, 11) is 0. The summed E-state index contributed by atoms with van der Waals surface area (Å²) >= 11 is 0. The third-order valence-electron chi connectivity index (χ3n) is 6.06. The van der Waals surface area contributed by atoms with E-state index in [1.54, 1.807) is 6.92 Å². The topological polar surface area (TPSA) is 48.4 Å². The minimum absolute atomic E-state index is 0.0898. The average Bonchev–Trinajstić information content (AvgIpc) is 3.38. The second kappa shape index (κ2) is 11.3. The van der Waals surface area contributed by atoms with Crippen molar-refractivity contribution in [2.45, 2.75) is 45.6 Å². The van der Waals surface area contributed by atoms with E-state index in [1.807, 2.05) is 0 Å². The number of allylic oxidation sites excluding steroid dienone is 2. The zero-order valence-electron chi connectivity index (χ0n) is 20.3. The Hall–Kier alpha value is -3.82. The summed E-state index contributed by atoms with van der Waals surface area (Å²) < 4.78 is 92.1. The van der Waals surface area contributed by atoms with Crippen molar-refractivity contribution in [2.24, 2.45) is 0 Å². The normalized spacial score (nSPS) is 13.7. The molecule has 0 unspecified atom stereocenters. The first-order chi connectivity index (χ1) is 18.1. The highest BCUT2D eigenvalue weighted by atomic mass is 19.4. The van der Waals surface area contributed by atoms with E-state index < -0.39 is 36.0 Å². The van der Waals surface area contributed by atoms with Crippen LogP contribution in [0, 0.1) is 11.6 Å². The first-order valence-corrected chi connectivity index (χ1v) is 11.9. The van der Waals surface area contributed by atoms with E-state index in [9.17, 15) is 31.1 Å². The molecular formula is C28H23F6NO3. The number of alkyl halides is 4. The van der Waals surface area contributed by atoms with Crippen molar-refractivity contribution in [3.8, 4) is 5.75 Å². The predicted octanol–water partition coefficient (Wildman–Crippen LogP) is 7.70. The molecule has 0 N–H and O–H groups in total. The molecule has 4 nitrogen and oxygen atoms in total. The number of hydrogen-bond donors (Lipinski definition) is 0. The Kier molecular flexibility index (Phi) is 8.08. The largest absolute Gasteiger partial charge is 0.488 e. The zero-order chi connectivity index (χ0) is 27.4. The summed E-state index contributed by atoms with van der Waals surface area (Å²) in [6.07, 6.45) is -3.23. The van der Waals surface area contributed by atoms with Crippen LogP contribution in [0.25, 0.3) is 11.1 Å². The summed E-state index contributed by atoms with van der Waals surface area (Å²) in [5.41, 5.74) is 0.943. The molecule has 0 fully saturated rings. The maximum absolute atomic E-state index is 13.6. The minimum atomic E-state index is -4.63. The molecule has 0 atom stereocenters. The van der Waals surface area contributed by atoms with E-state index in [0.29, 0.717) is 30.4 Å². The SMILES string of the molecule is CCOC(=O)c1cc(CF)cc(C2=C(c3cc(C(F)(F)F)ccc3OCc3ccc(F)c(F)c3)CCC2)n1. The Morgan fingerprint density at radius 3 is 2.39 bits per heavy atom. The second-order valence-electron chi connectivity index (χ2n) is 8.66. The van der Waals surface area contributed by atoms with Crippen LogP contribution in [0.5, 0.6) is 5.75 Å². The third kappa shape index (κ3) is 6.00. The average molecular weight is 535 g/mol. The number of halogens is 6. The van der Waals surface area contributed by atoms with Crippen LogP contribution in [-0.4, -0.2) is 17.6 Å². The number of pyridine rings is 1. The number of benzene rings is 2. The molecule has 4 rings (SSSR count). The molecule has 0 bridgehead atoms. The first kappa shape index (κ1) is 27.2. The van der Waals surface area contributed by atoms with Crippen molar-refractivity contribution >= 4 is 17.1 Å². The lowest BCUT2D eigenvalue weighted by atomic mass is 9.96. The van der Waals surface area contributed by atoms with Crippen LogP contribution in [0.3, 0.4) is 0 Å². The van der Waals surface area contributed by atoms with E-state index in [2.05, 4.69) is 4.98 Å².